The van der Waals surface area contributed by atoms with Gasteiger partial charge in [-0.25, -0.2) is 5.01 Å². The summed E-state index contributed by atoms with van der Waals surface area (Å²) in [7, 11) is 0. The van der Waals surface area contributed by atoms with Crippen LogP contribution in [0, 0.1) is 13.8 Å². The number of aryl methyl sites for hydroxylation is 2. The zero-order chi connectivity index (χ0) is 22.5. The smallest absolute Gasteiger partial charge is 0.270 e. The zero-order valence-corrected chi connectivity index (χ0v) is 18.8. The van der Waals surface area contributed by atoms with E-state index in [2.05, 4.69) is 16.9 Å². The van der Waals surface area contributed by atoms with E-state index in [4.69, 9.17) is 4.74 Å². The van der Waals surface area contributed by atoms with Crippen LogP contribution in [0.25, 0.3) is 0 Å². The van der Waals surface area contributed by atoms with Gasteiger partial charge in [0.05, 0.1) is 5.69 Å². The molecule has 32 heavy (non-hydrogen) atoms. The van der Waals surface area contributed by atoms with Crippen LogP contribution in [0.1, 0.15) is 24.0 Å². The van der Waals surface area contributed by atoms with Gasteiger partial charge in [-0.3, -0.25) is 14.5 Å². The number of benzene rings is 2. The van der Waals surface area contributed by atoms with E-state index in [1.165, 1.54) is 10.6 Å². The molecule has 2 heterocycles. The normalized spacial score (nSPS) is 17.3. The first-order valence-corrected chi connectivity index (χ1v) is 11.2. The van der Waals surface area contributed by atoms with E-state index in [1.807, 2.05) is 60.4 Å². The molecule has 4 rings (SSSR count). The molecule has 0 atom stereocenters. The number of hydrogen-bond donors (Lipinski definition) is 0. The molecule has 0 aliphatic carbocycles. The van der Waals surface area contributed by atoms with Gasteiger partial charge >= 0.3 is 0 Å². The molecule has 1 fully saturated rings. The lowest BCUT2D eigenvalue weighted by atomic mass is 10.1. The molecular formula is C25H30N4O3. The highest BCUT2D eigenvalue weighted by molar-refractivity contribution is 6.40. The van der Waals surface area contributed by atoms with Crippen molar-refractivity contribution in [2.75, 3.05) is 44.3 Å². The van der Waals surface area contributed by atoms with Gasteiger partial charge in [0.2, 0.25) is 5.91 Å². The number of rotatable bonds is 6. The van der Waals surface area contributed by atoms with Crippen molar-refractivity contribution in [1.82, 2.24) is 9.80 Å². The van der Waals surface area contributed by atoms with E-state index >= 15 is 0 Å². The predicted octanol–water partition coefficient (Wildman–Crippen LogP) is 3.01. The van der Waals surface area contributed by atoms with Gasteiger partial charge in [-0.15, -0.1) is 0 Å². The molecule has 0 aromatic heterocycles. The third-order valence-electron chi connectivity index (χ3n) is 5.91. The van der Waals surface area contributed by atoms with Crippen LogP contribution in [0.4, 0.5) is 5.69 Å². The Balaban J connectivity index is 1.28. The fourth-order valence-corrected chi connectivity index (χ4v) is 3.88. The van der Waals surface area contributed by atoms with Crippen molar-refractivity contribution in [2.24, 2.45) is 5.10 Å². The van der Waals surface area contributed by atoms with Gasteiger partial charge in [-0.1, -0.05) is 35.4 Å². The van der Waals surface area contributed by atoms with Crippen LogP contribution < -0.4 is 9.75 Å². The van der Waals surface area contributed by atoms with Crippen LogP contribution in [0.5, 0.6) is 5.75 Å². The molecule has 168 valence electrons. The Kier molecular flexibility index (Phi) is 6.85. The van der Waals surface area contributed by atoms with E-state index in [0.29, 0.717) is 43.9 Å². The standard InChI is InChI=1S/C25H30N4O3/c1-19-3-7-21(8-4-19)29-24(30)12-11-23(26-29)25(31)28-15-13-27(14-16-28)17-18-32-22-9-5-20(2)6-10-22/h3-10H,11-18H2,1-2H3. The highest BCUT2D eigenvalue weighted by atomic mass is 16.5. The number of ether oxygens (including phenoxy) is 1. The van der Waals surface area contributed by atoms with Crippen molar-refractivity contribution in [3.8, 4) is 5.75 Å². The Labute approximate surface area is 189 Å². The lowest BCUT2D eigenvalue weighted by Crippen LogP contribution is -2.52. The van der Waals surface area contributed by atoms with Crippen molar-refractivity contribution in [3.05, 3.63) is 59.7 Å². The molecular weight excluding hydrogens is 404 g/mol. The number of piperazine rings is 1. The first kappa shape index (κ1) is 22.0. The van der Waals surface area contributed by atoms with Crippen molar-refractivity contribution >= 4 is 23.2 Å². The first-order valence-electron chi connectivity index (χ1n) is 11.2. The minimum absolute atomic E-state index is 0.0647. The molecule has 2 amide bonds. The van der Waals surface area contributed by atoms with Gasteiger partial charge in [0.25, 0.3) is 5.91 Å². The Morgan fingerprint density at radius 1 is 0.906 bits per heavy atom. The zero-order valence-electron chi connectivity index (χ0n) is 18.8. The van der Waals surface area contributed by atoms with E-state index in [9.17, 15) is 9.59 Å². The summed E-state index contributed by atoms with van der Waals surface area (Å²) in [5.41, 5.74) is 3.48. The van der Waals surface area contributed by atoms with Crippen LogP contribution in [0.3, 0.4) is 0 Å². The summed E-state index contributed by atoms with van der Waals surface area (Å²) in [5.74, 6) is 0.737. The van der Waals surface area contributed by atoms with Gasteiger partial charge < -0.3 is 9.64 Å². The summed E-state index contributed by atoms with van der Waals surface area (Å²) in [6, 6.07) is 15.7. The molecule has 0 N–H and O–H groups in total. The van der Waals surface area contributed by atoms with Crippen molar-refractivity contribution in [1.29, 1.82) is 0 Å². The summed E-state index contributed by atoms with van der Waals surface area (Å²) >= 11 is 0. The minimum Gasteiger partial charge on any atom is -0.492 e. The van der Waals surface area contributed by atoms with Crippen molar-refractivity contribution in [3.63, 3.8) is 0 Å². The van der Waals surface area contributed by atoms with Crippen LogP contribution in [0.15, 0.2) is 53.6 Å². The number of anilines is 1. The summed E-state index contributed by atoms with van der Waals surface area (Å²) in [4.78, 5) is 29.6. The first-order chi connectivity index (χ1) is 15.5. The molecule has 7 nitrogen and oxygen atoms in total. The van der Waals surface area contributed by atoms with Crippen molar-refractivity contribution in [2.45, 2.75) is 26.7 Å². The molecule has 7 heteroatoms. The molecule has 0 radical (unpaired) electrons. The SMILES string of the molecule is Cc1ccc(OCCN2CCN(C(=O)C3=NN(c4ccc(C)cc4)C(=O)CC3)CC2)cc1. The number of carbonyl (C=O) groups is 2. The highest BCUT2D eigenvalue weighted by Crippen LogP contribution is 2.21. The average molecular weight is 435 g/mol. The molecule has 0 unspecified atom stereocenters. The summed E-state index contributed by atoms with van der Waals surface area (Å²) in [6.07, 6.45) is 0.694. The lowest BCUT2D eigenvalue weighted by molar-refractivity contribution is -0.126. The molecule has 0 saturated carbocycles. The number of amides is 2. The third-order valence-corrected chi connectivity index (χ3v) is 5.91. The maximum absolute atomic E-state index is 13.0. The predicted molar refractivity (Wildman–Crippen MR) is 125 cm³/mol. The quantitative estimate of drug-likeness (QED) is 0.701. The second-order valence-corrected chi connectivity index (χ2v) is 8.38. The number of hydrogen-bond acceptors (Lipinski definition) is 5. The minimum atomic E-state index is -0.0798. The third kappa shape index (κ3) is 5.34. The van der Waals surface area contributed by atoms with E-state index in [1.54, 1.807) is 0 Å². The number of carbonyl (C=O) groups excluding carboxylic acids is 2. The molecule has 2 aromatic carbocycles. The lowest BCUT2D eigenvalue weighted by Gasteiger charge is -2.35. The maximum Gasteiger partial charge on any atom is 0.270 e. The van der Waals surface area contributed by atoms with Crippen LogP contribution in [0.2, 0.25) is 0 Å². The van der Waals surface area contributed by atoms with Gasteiger partial charge in [-0.2, -0.15) is 5.10 Å². The van der Waals surface area contributed by atoms with Crippen molar-refractivity contribution < 1.29 is 14.3 Å². The van der Waals surface area contributed by atoms with E-state index < -0.39 is 0 Å². The summed E-state index contributed by atoms with van der Waals surface area (Å²) < 4.78 is 5.83. The topological polar surface area (TPSA) is 65.5 Å². The largest absolute Gasteiger partial charge is 0.492 e. The van der Waals surface area contributed by atoms with Crippen LogP contribution in [-0.2, 0) is 9.59 Å². The Morgan fingerprint density at radius 2 is 1.53 bits per heavy atom. The number of hydrazone groups is 1. The van der Waals surface area contributed by atoms with Gasteiger partial charge in [0.1, 0.15) is 18.1 Å². The van der Waals surface area contributed by atoms with Gasteiger partial charge in [0, 0.05) is 45.6 Å². The Hall–Kier alpha value is -3.19. The van der Waals surface area contributed by atoms with Crippen LogP contribution >= 0.6 is 0 Å². The average Bonchev–Trinajstić information content (AvgIpc) is 2.81. The van der Waals surface area contributed by atoms with Crippen LogP contribution in [-0.4, -0.2) is 66.7 Å². The maximum atomic E-state index is 13.0. The second kappa shape index (κ2) is 9.96. The number of nitrogens with zero attached hydrogens (tertiary/aromatic N) is 4. The summed E-state index contributed by atoms with van der Waals surface area (Å²) in [6.45, 7) is 8.41. The molecule has 1 saturated heterocycles. The molecule has 2 aliphatic heterocycles. The molecule has 0 bridgehead atoms. The fourth-order valence-electron chi connectivity index (χ4n) is 3.88. The summed E-state index contributed by atoms with van der Waals surface area (Å²) in [5, 5.41) is 5.79. The second-order valence-electron chi connectivity index (χ2n) is 8.38. The van der Waals surface area contributed by atoms with E-state index in [0.717, 1.165) is 30.9 Å². The fraction of sp³-hybridized carbons (Fsp3) is 0.400. The molecule has 2 aliphatic rings. The Bertz CT molecular complexity index is 977. The van der Waals surface area contributed by atoms with E-state index in [-0.39, 0.29) is 11.8 Å². The molecule has 0 spiro atoms. The Morgan fingerprint density at radius 3 is 2.19 bits per heavy atom. The monoisotopic (exact) mass is 434 g/mol. The van der Waals surface area contributed by atoms with Gasteiger partial charge in [-0.05, 0) is 38.1 Å². The molecule has 2 aromatic rings. The van der Waals surface area contributed by atoms with Gasteiger partial charge in [0.15, 0.2) is 0 Å². The highest BCUT2D eigenvalue weighted by Gasteiger charge is 2.30.